The van der Waals surface area contributed by atoms with Crippen LogP contribution in [0.1, 0.15) is 37.9 Å². The second-order valence-corrected chi connectivity index (χ2v) is 11.4. The largest absolute Gasteiger partial charge is 0.372 e. The molecule has 1 aromatic heterocycles. The lowest BCUT2D eigenvalue weighted by Crippen LogP contribution is -2.49. The summed E-state index contributed by atoms with van der Waals surface area (Å²) in [6.07, 6.45) is 5.03. The van der Waals surface area contributed by atoms with E-state index in [1.165, 1.54) is 6.42 Å². The van der Waals surface area contributed by atoms with Gasteiger partial charge in [-0.15, -0.1) is 0 Å². The minimum Gasteiger partial charge on any atom is -0.372 e. The van der Waals surface area contributed by atoms with Gasteiger partial charge in [0.25, 0.3) is 0 Å². The standard InChI is InChI=1S/C27H35N5O3S/c1-2-35-26(22-9-5-3-6-10-22)20-30-15-17-32(18-16-30)36(33,34)23-11-12-25-24(19-23)27(29-21-28-25)31-13-7-4-8-14-31/h3,5-6,9-12,19,21,26H,2,4,7-8,13-18,20H2,1H3. The number of ether oxygens (including phenoxy) is 1. The summed E-state index contributed by atoms with van der Waals surface area (Å²) in [6, 6.07) is 15.5. The van der Waals surface area contributed by atoms with Crippen LogP contribution < -0.4 is 4.90 Å². The molecule has 1 unspecified atom stereocenters. The molecule has 0 bridgehead atoms. The molecule has 192 valence electrons. The number of aromatic nitrogens is 2. The second-order valence-electron chi connectivity index (χ2n) is 9.48. The zero-order valence-electron chi connectivity index (χ0n) is 20.9. The van der Waals surface area contributed by atoms with Crippen LogP contribution >= 0.6 is 0 Å². The van der Waals surface area contributed by atoms with E-state index in [2.05, 4.69) is 31.9 Å². The summed E-state index contributed by atoms with van der Waals surface area (Å²) in [6.45, 7) is 7.53. The number of piperidine rings is 1. The molecule has 2 fully saturated rings. The van der Waals surface area contributed by atoms with Crippen LogP contribution in [0.4, 0.5) is 5.82 Å². The second kappa shape index (κ2) is 11.2. The summed E-state index contributed by atoms with van der Waals surface area (Å²) < 4.78 is 34.8. The third kappa shape index (κ3) is 5.39. The average molecular weight is 510 g/mol. The van der Waals surface area contributed by atoms with Gasteiger partial charge in [0.2, 0.25) is 10.0 Å². The van der Waals surface area contributed by atoms with Gasteiger partial charge in [0.1, 0.15) is 12.1 Å². The molecule has 0 radical (unpaired) electrons. The number of rotatable bonds is 8. The Kier molecular flexibility index (Phi) is 7.81. The Balaban J connectivity index is 1.30. The predicted molar refractivity (Wildman–Crippen MR) is 142 cm³/mol. The van der Waals surface area contributed by atoms with Crippen molar-refractivity contribution in [3.05, 3.63) is 60.4 Å². The van der Waals surface area contributed by atoms with Gasteiger partial charge in [-0.3, -0.25) is 4.90 Å². The number of sulfonamides is 1. The molecule has 0 aliphatic carbocycles. The van der Waals surface area contributed by atoms with E-state index in [0.717, 1.165) is 54.8 Å². The smallest absolute Gasteiger partial charge is 0.243 e. The van der Waals surface area contributed by atoms with Crippen molar-refractivity contribution in [2.75, 3.05) is 57.3 Å². The lowest BCUT2D eigenvalue weighted by atomic mass is 10.1. The minimum absolute atomic E-state index is 0.0203. The Morgan fingerprint density at radius 1 is 0.917 bits per heavy atom. The van der Waals surface area contributed by atoms with E-state index in [4.69, 9.17) is 4.74 Å². The number of benzene rings is 2. The summed E-state index contributed by atoms with van der Waals surface area (Å²) in [7, 11) is -3.61. The Bertz CT molecular complexity index is 1260. The highest BCUT2D eigenvalue weighted by Crippen LogP contribution is 2.29. The van der Waals surface area contributed by atoms with Crippen molar-refractivity contribution < 1.29 is 13.2 Å². The number of hydrogen-bond acceptors (Lipinski definition) is 7. The van der Waals surface area contributed by atoms with Crippen LogP contribution in [0.15, 0.2) is 59.8 Å². The molecule has 0 saturated carbocycles. The summed E-state index contributed by atoms with van der Waals surface area (Å²) in [5, 5.41) is 0.807. The zero-order chi connectivity index (χ0) is 25.0. The molecule has 8 nitrogen and oxygen atoms in total. The van der Waals surface area contributed by atoms with Crippen LogP contribution in [0.5, 0.6) is 0 Å². The van der Waals surface area contributed by atoms with Gasteiger partial charge in [0.05, 0.1) is 16.5 Å². The third-order valence-electron chi connectivity index (χ3n) is 7.17. The fourth-order valence-electron chi connectivity index (χ4n) is 5.20. The van der Waals surface area contributed by atoms with Crippen molar-refractivity contribution in [3.63, 3.8) is 0 Å². The summed E-state index contributed by atoms with van der Waals surface area (Å²) in [5.41, 5.74) is 1.93. The molecule has 2 aliphatic rings. The Hall–Kier alpha value is -2.59. The van der Waals surface area contributed by atoms with Gasteiger partial charge in [0, 0.05) is 57.8 Å². The highest BCUT2D eigenvalue weighted by molar-refractivity contribution is 7.89. The normalized spacial score (nSPS) is 19.0. The van der Waals surface area contributed by atoms with E-state index in [1.54, 1.807) is 28.8 Å². The number of hydrogen-bond donors (Lipinski definition) is 0. The number of nitrogens with zero attached hydrogens (tertiary/aromatic N) is 5. The maximum atomic E-state index is 13.6. The Morgan fingerprint density at radius 3 is 2.39 bits per heavy atom. The van der Waals surface area contributed by atoms with Crippen LogP contribution in [-0.4, -0.2) is 80.0 Å². The first kappa shape index (κ1) is 25.1. The first-order valence-corrected chi connectivity index (χ1v) is 14.4. The summed E-state index contributed by atoms with van der Waals surface area (Å²) in [5.74, 6) is 0.837. The Labute approximate surface area is 213 Å². The molecular formula is C27H35N5O3S. The van der Waals surface area contributed by atoms with Crippen molar-refractivity contribution in [2.24, 2.45) is 0 Å². The lowest BCUT2D eigenvalue weighted by molar-refractivity contribution is 0.0249. The van der Waals surface area contributed by atoms with E-state index in [1.807, 2.05) is 25.1 Å². The molecule has 0 N–H and O–H groups in total. The summed E-state index contributed by atoms with van der Waals surface area (Å²) in [4.78, 5) is 13.8. The monoisotopic (exact) mass is 509 g/mol. The van der Waals surface area contributed by atoms with Gasteiger partial charge >= 0.3 is 0 Å². The highest BCUT2D eigenvalue weighted by atomic mass is 32.2. The van der Waals surface area contributed by atoms with Gasteiger partial charge in [-0.25, -0.2) is 18.4 Å². The molecule has 1 atom stereocenters. The molecule has 2 saturated heterocycles. The van der Waals surface area contributed by atoms with Gasteiger partial charge in [-0.2, -0.15) is 4.31 Å². The Morgan fingerprint density at radius 2 is 1.67 bits per heavy atom. The molecule has 36 heavy (non-hydrogen) atoms. The van der Waals surface area contributed by atoms with Crippen LogP contribution in [0.25, 0.3) is 10.9 Å². The van der Waals surface area contributed by atoms with E-state index in [9.17, 15) is 8.42 Å². The minimum atomic E-state index is -3.61. The zero-order valence-corrected chi connectivity index (χ0v) is 21.7. The number of piperazine rings is 1. The highest BCUT2D eigenvalue weighted by Gasteiger charge is 2.30. The quantitative estimate of drug-likeness (QED) is 0.458. The van der Waals surface area contributed by atoms with Crippen LogP contribution in [0.3, 0.4) is 0 Å². The fraction of sp³-hybridized carbons (Fsp3) is 0.481. The molecule has 3 heterocycles. The van der Waals surface area contributed by atoms with Crippen molar-refractivity contribution in [2.45, 2.75) is 37.2 Å². The topological polar surface area (TPSA) is 78.9 Å². The maximum absolute atomic E-state index is 13.6. The van der Waals surface area contributed by atoms with E-state index in [-0.39, 0.29) is 6.10 Å². The molecule has 0 spiro atoms. The van der Waals surface area contributed by atoms with Gasteiger partial charge in [0.15, 0.2) is 0 Å². The number of fused-ring (bicyclic) bond motifs is 1. The molecule has 5 rings (SSSR count). The van der Waals surface area contributed by atoms with Gasteiger partial charge < -0.3 is 9.64 Å². The molecule has 0 amide bonds. The summed E-state index contributed by atoms with van der Waals surface area (Å²) >= 11 is 0. The predicted octanol–water partition coefficient (Wildman–Crippen LogP) is 3.70. The maximum Gasteiger partial charge on any atom is 0.243 e. The molecule has 2 aliphatic heterocycles. The number of anilines is 1. The van der Waals surface area contributed by atoms with E-state index < -0.39 is 10.0 Å². The van der Waals surface area contributed by atoms with Crippen molar-refractivity contribution >= 4 is 26.7 Å². The molecule has 2 aromatic carbocycles. The first-order chi connectivity index (χ1) is 17.6. The lowest BCUT2D eigenvalue weighted by Gasteiger charge is -2.35. The first-order valence-electron chi connectivity index (χ1n) is 12.9. The third-order valence-corrected chi connectivity index (χ3v) is 9.07. The van der Waals surface area contributed by atoms with Gasteiger partial charge in [-0.05, 0) is 49.9 Å². The van der Waals surface area contributed by atoms with Crippen molar-refractivity contribution in [1.82, 2.24) is 19.2 Å². The van der Waals surface area contributed by atoms with Crippen LogP contribution in [0.2, 0.25) is 0 Å². The van der Waals surface area contributed by atoms with E-state index >= 15 is 0 Å². The fourth-order valence-corrected chi connectivity index (χ4v) is 6.65. The van der Waals surface area contributed by atoms with Gasteiger partial charge in [-0.1, -0.05) is 30.3 Å². The van der Waals surface area contributed by atoms with E-state index in [0.29, 0.717) is 37.7 Å². The molecular weight excluding hydrogens is 474 g/mol. The van der Waals surface area contributed by atoms with Crippen LogP contribution in [0, 0.1) is 0 Å². The SMILES string of the molecule is CCOC(CN1CCN(S(=O)(=O)c2ccc3ncnc(N4CCCCC4)c3c2)CC1)c1ccccc1. The molecule has 9 heteroatoms. The van der Waals surface area contributed by atoms with Crippen LogP contribution in [-0.2, 0) is 14.8 Å². The van der Waals surface area contributed by atoms with Crippen molar-refractivity contribution in [3.8, 4) is 0 Å². The average Bonchev–Trinajstić information content (AvgIpc) is 2.93. The molecule has 3 aromatic rings. The van der Waals surface area contributed by atoms with Crippen molar-refractivity contribution in [1.29, 1.82) is 0 Å².